The van der Waals surface area contributed by atoms with Crippen LogP contribution in [0.4, 0.5) is 11.4 Å². The molecule has 0 saturated carbocycles. The first kappa shape index (κ1) is 20.0. The summed E-state index contributed by atoms with van der Waals surface area (Å²) in [6.07, 6.45) is 0. The number of amides is 1. The van der Waals surface area contributed by atoms with E-state index in [9.17, 15) is 14.9 Å². The molecule has 0 radical (unpaired) electrons. The van der Waals surface area contributed by atoms with Crippen molar-refractivity contribution in [3.8, 4) is 11.5 Å². The zero-order valence-electron chi connectivity index (χ0n) is 15.8. The third kappa shape index (κ3) is 4.87. The number of hydrogen-bond donors (Lipinski definition) is 1. The van der Waals surface area contributed by atoms with Crippen LogP contribution in [0.3, 0.4) is 0 Å². The molecule has 0 aliphatic heterocycles. The van der Waals surface area contributed by atoms with Crippen LogP contribution in [-0.2, 0) is 6.54 Å². The minimum Gasteiger partial charge on any atom is -0.493 e. The second-order valence-electron chi connectivity index (χ2n) is 5.95. The highest BCUT2D eigenvalue weighted by atomic mass is 16.6. The van der Waals surface area contributed by atoms with Crippen LogP contribution in [0, 0.1) is 10.1 Å². The van der Waals surface area contributed by atoms with Crippen LogP contribution in [0.1, 0.15) is 22.8 Å². The fourth-order valence-electron chi connectivity index (χ4n) is 2.50. The lowest BCUT2D eigenvalue weighted by Gasteiger charge is -2.13. The molecule has 27 heavy (non-hydrogen) atoms. The summed E-state index contributed by atoms with van der Waals surface area (Å²) < 4.78 is 10.5. The van der Waals surface area contributed by atoms with E-state index in [1.54, 1.807) is 6.92 Å². The van der Waals surface area contributed by atoms with Crippen LogP contribution in [0.2, 0.25) is 0 Å². The highest BCUT2D eigenvalue weighted by Gasteiger charge is 2.24. The van der Waals surface area contributed by atoms with Crippen LogP contribution in [-0.4, -0.2) is 38.6 Å². The minimum atomic E-state index is -0.608. The van der Waals surface area contributed by atoms with E-state index in [0.29, 0.717) is 6.61 Å². The van der Waals surface area contributed by atoms with Gasteiger partial charge in [0.1, 0.15) is 5.56 Å². The lowest BCUT2D eigenvalue weighted by Crippen LogP contribution is -2.24. The molecule has 1 N–H and O–H groups in total. The smallest absolute Gasteiger partial charge is 0.286 e. The van der Waals surface area contributed by atoms with Gasteiger partial charge >= 0.3 is 0 Å². The lowest BCUT2D eigenvalue weighted by molar-refractivity contribution is -0.385. The van der Waals surface area contributed by atoms with Gasteiger partial charge in [-0.25, -0.2) is 0 Å². The predicted molar refractivity (Wildman–Crippen MR) is 103 cm³/mol. The Morgan fingerprint density at radius 1 is 1.19 bits per heavy atom. The highest BCUT2D eigenvalue weighted by molar-refractivity contribution is 5.99. The Labute approximate surface area is 157 Å². The van der Waals surface area contributed by atoms with Gasteiger partial charge in [-0.3, -0.25) is 14.9 Å². The topological polar surface area (TPSA) is 93.9 Å². The molecular formula is C19H23N3O5. The molecule has 0 aliphatic carbocycles. The highest BCUT2D eigenvalue weighted by Crippen LogP contribution is 2.34. The van der Waals surface area contributed by atoms with Crippen molar-refractivity contribution in [2.45, 2.75) is 13.5 Å². The number of nitrogens with zero attached hydrogens (tertiary/aromatic N) is 2. The minimum absolute atomic E-state index is 0.0785. The van der Waals surface area contributed by atoms with Crippen molar-refractivity contribution >= 4 is 17.3 Å². The first-order valence-electron chi connectivity index (χ1n) is 8.41. The molecule has 2 aromatic carbocycles. The van der Waals surface area contributed by atoms with E-state index in [1.807, 2.05) is 43.3 Å². The van der Waals surface area contributed by atoms with E-state index in [4.69, 9.17) is 9.47 Å². The van der Waals surface area contributed by atoms with Crippen molar-refractivity contribution in [1.29, 1.82) is 0 Å². The maximum atomic E-state index is 12.5. The van der Waals surface area contributed by atoms with E-state index in [0.717, 1.165) is 11.3 Å². The van der Waals surface area contributed by atoms with E-state index in [-0.39, 0.29) is 29.3 Å². The number of methoxy groups -OCH3 is 1. The Hall–Kier alpha value is -3.29. The van der Waals surface area contributed by atoms with Gasteiger partial charge in [0.2, 0.25) is 0 Å². The van der Waals surface area contributed by atoms with Gasteiger partial charge in [0.15, 0.2) is 11.5 Å². The molecule has 1 amide bonds. The summed E-state index contributed by atoms with van der Waals surface area (Å²) in [5, 5.41) is 14.1. The molecule has 0 atom stereocenters. The van der Waals surface area contributed by atoms with Gasteiger partial charge in [0, 0.05) is 32.4 Å². The summed E-state index contributed by atoms with van der Waals surface area (Å²) in [5.74, 6) is -0.0646. The van der Waals surface area contributed by atoms with Crippen molar-refractivity contribution in [2.75, 3.05) is 32.7 Å². The van der Waals surface area contributed by atoms with Crippen LogP contribution < -0.4 is 19.7 Å². The van der Waals surface area contributed by atoms with Gasteiger partial charge in [0.05, 0.1) is 24.7 Å². The number of benzene rings is 2. The molecule has 0 aromatic heterocycles. The van der Waals surface area contributed by atoms with Crippen LogP contribution in [0.25, 0.3) is 0 Å². The SMILES string of the molecule is CCOc1cc([N+](=O)[O-])c(C(=O)NCc2ccc(N(C)C)cc2)cc1OC. The average molecular weight is 373 g/mol. The number of hydrogen-bond acceptors (Lipinski definition) is 6. The molecular weight excluding hydrogens is 350 g/mol. The molecule has 144 valence electrons. The second-order valence-corrected chi connectivity index (χ2v) is 5.95. The van der Waals surface area contributed by atoms with Gasteiger partial charge in [-0.1, -0.05) is 12.1 Å². The van der Waals surface area contributed by atoms with Crippen molar-refractivity contribution in [1.82, 2.24) is 5.32 Å². The molecule has 0 aliphatic rings. The second kappa shape index (κ2) is 8.88. The Morgan fingerprint density at radius 2 is 1.85 bits per heavy atom. The summed E-state index contributed by atoms with van der Waals surface area (Å²) in [6.45, 7) is 2.33. The van der Waals surface area contributed by atoms with Crippen molar-refractivity contribution in [3.63, 3.8) is 0 Å². The van der Waals surface area contributed by atoms with E-state index < -0.39 is 10.8 Å². The maximum Gasteiger partial charge on any atom is 0.286 e. The standard InChI is InChI=1S/C19H23N3O5/c1-5-27-18-11-16(22(24)25)15(10-17(18)26-4)19(23)20-12-13-6-8-14(9-7-13)21(2)3/h6-11H,5,12H2,1-4H3,(H,20,23). The third-order valence-electron chi connectivity index (χ3n) is 3.93. The molecule has 0 bridgehead atoms. The van der Waals surface area contributed by atoms with Crippen molar-refractivity contribution in [3.05, 3.63) is 57.6 Å². The van der Waals surface area contributed by atoms with E-state index >= 15 is 0 Å². The van der Waals surface area contributed by atoms with Crippen LogP contribution in [0.15, 0.2) is 36.4 Å². The fraction of sp³-hybridized carbons (Fsp3) is 0.316. The Bertz CT molecular complexity index is 819. The number of anilines is 1. The van der Waals surface area contributed by atoms with Gasteiger partial charge in [-0.2, -0.15) is 0 Å². The quantitative estimate of drug-likeness (QED) is 0.565. The van der Waals surface area contributed by atoms with Crippen LogP contribution in [0.5, 0.6) is 11.5 Å². The van der Waals surface area contributed by atoms with Crippen LogP contribution >= 0.6 is 0 Å². The number of carbonyl (C=O) groups is 1. The number of nitro benzene ring substituents is 1. The van der Waals surface area contributed by atoms with E-state index in [2.05, 4.69) is 5.32 Å². The zero-order chi connectivity index (χ0) is 20.0. The van der Waals surface area contributed by atoms with Gasteiger partial charge in [-0.05, 0) is 24.6 Å². The Morgan fingerprint density at radius 3 is 2.37 bits per heavy atom. The van der Waals surface area contributed by atoms with Gasteiger partial charge < -0.3 is 19.7 Å². The monoisotopic (exact) mass is 373 g/mol. The number of ether oxygens (including phenoxy) is 2. The summed E-state index contributed by atoms with van der Waals surface area (Å²) in [4.78, 5) is 25.3. The molecule has 8 nitrogen and oxygen atoms in total. The molecule has 0 heterocycles. The molecule has 0 spiro atoms. The fourth-order valence-corrected chi connectivity index (χ4v) is 2.50. The number of nitrogens with one attached hydrogen (secondary N) is 1. The first-order chi connectivity index (χ1) is 12.9. The lowest BCUT2D eigenvalue weighted by atomic mass is 10.1. The normalized spacial score (nSPS) is 10.2. The predicted octanol–water partition coefficient (Wildman–Crippen LogP) is 3.00. The molecule has 8 heteroatoms. The number of rotatable bonds is 8. The van der Waals surface area contributed by atoms with Gasteiger partial charge in [-0.15, -0.1) is 0 Å². The number of carbonyl (C=O) groups excluding carboxylic acids is 1. The molecule has 0 unspecified atom stereocenters. The van der Waals surface area contributed by atoms with Crippen molar-refractivity contribution in [2.24, 2.45) is 0 Å². The summed E-state index contributed by atoms with van der Waals surface area (Å²) in [5.41, 5.74) is 1.51. The molecule has 2 aromatic rings. The Kier molecular flexibility index (Phi) is 6.59. The molecule has 0 saturated heterocycles. The van der Waals surface area contributed by atoms with Crippen molar-refractivity contribution < 1.29 is 19.2 Å². The Balaban J connectivity index is 2.22. The summed E-state index contributed by atoms with van der Waals surface area (Å²) >= 11 is 0. The largest absolute Gasteiger partial charge is 0.493 e. The van der Waals surface area contributed by atoms with Gasteiger partial charge in [0.25, 0.3) is 11.6 Å². The molecule has 0 fully saturated rings. The zero-order valence-corrected chi connectivity index (χ0v) is 15.8. The van der Waals surface area contributed by atoms with E-state index in [1.165, 1.54) is 19.2 Å². The third-order valence-corrected chi connectivity index (χ3v) is 3.93. The summed E-state index contributed by atoms with van der Waals surface area (Å²) in [6, 6.07) is 10.2. The maximum absolute atomic E-state index is 12.5. The first-order valence-corrected chi connectivity index (χ1v) is 8.41. The summed E-state index contributed by atoms with van der Waals surface area (Å²) in [7, 11) is 5.29. The number of nitro groups is 1. The average Bonchev–Trinajstić information content (AvgIpc) is 2.66. The molecule has 2 rings (SSSR count).